The Balaban J connectivity index is 2.42. The van der Waals surface area contributed by atoms with Crippen molar-refractivity contribution in [3.8, 4) is 28.4 Å². The summed E-state index contributed by atoms with van der Waals surface area (Å²) in [4.78, 5) is 25.6. The van der Waals surface area contributed by atoms with E-state index in [4.69, 9.17) is 18.9 Å². The van der Waals surface area contributed by atoms with Crippen molar-refractivity contribution in [2.24, 2.45) is 0 Å². The Morgan fingerprint density at radius 1 is 1.00 bits per heavy atom. The third-order valence-corrected chi connectivity index (χ3v) is 6.66. The number of para-hydroxylation sites is 1. The second kappa shape index (κ2) is 10.2. The molecule has 0 aliphatic rings. The van der Waals surface area contributed by atoms with Crippen molar-refractivity contribution in [1.29, 1.82) is 0 Å². The van der Waals surface area contributed by atoms with Gasteiger partial charge in [-0.1, -0.05) is 18.2 Å². The summed E-state index contributed by atoms with van der Waals surface area (Å²) in [5.41, 5.74) is 1.16. The molecule has 0 N–H and O–H groups in total. The molecular weight excluding hydrogens is 548 g/mol. The standard InChI is InChI=1S/C22H20Br2N2O6/c1-5-32-20-14(29-2)11-13(16(23)17(20)24)18-15(21(27)30-3)19(22(28)31-4)26(25-18)12-9-7-6-8-10-12/h6-11H,5H2,1-4H3. The highest BCUT2D eigenvalue weighted by molar-refractivity contribution is 9.13. The molecule has 0 aliphatic carbocycles. The summed E-state index contributed by atoms with van der Waals surface area (Å²) in [5.74, 6) is -0.568. The summed E-state index contributed by atoms with van der Waals surface area (Å²) < 4.78 is 23.6. The number of ether oxygens (including phenoxy) is 4. The van der Waals surface area contributed by atoms with Gasteiger partial charge in [0.25, 0.3) is 0 Å². The number of benzene rings is 2. The molecule has 1 heterocycles. The molecule has 0 spiro atoms. The minimum Gasteiger partial charge on any atom is -0.493 e. The van der Waals surface area contributed by atoms with Gasteiger partial charge in [-0.25, -0.2) is 14.3 Å². The van der Waals surface area contributed by atoms with Crippen molar-refractivity contribution < 1.29 is 28.5 Å². The smallest absolute Gasteiger partial charge is 0.357 e. The van der Waals surface area contributed by atoms with E-state index in [-0.39, 0.29) is 17.0 Å². The van der Waals surface area contributed by atoms with Crippen LogP contribution in [0.2, 0.25) is 0 Å². The molecule has 1 aromatic heterocycles. The van der Waals surface area contributed by atoms with Crippen LogP contribution in [0.5, 0.6) is 11.5 Å². The number of methoxy groups -OCH3 is 3. The molecule has 0 atom stereocenters. The molecule has 0 radical (unpaired) electrons. The predicted octanol–water partition coefficient (Wildman–Crippen LogP) is 5.04. The number of halogens is 2. The van der Waals surface area contributed by atoms with E-state index in [0.29, 0.717) is 38.3 Å². The molecule has 32 heavy (non-hydrogen) atoms. The number of aromatic nitrogens is 2. The Bertz CT molecular complexity index is 1160. The van der Waals surface area contributed by atoms with Crippen LogP contribution in [0, 0.1) is 0 Å². The highest BCUT2D eigenvalue weighted by Crippen LogP contribution is 2.47. The number of nitrogens with zero attached hydrogens (tertiary/aromatic N) is 2. The fourth-order valence-corrected chi connectivity index (χ4v) is 4.14. The lowest BCUT2D eigenvalue weighted by Crippen LogP contribution is -2.15. The van der Waals surface area contributed by atoms with Gasteiger partial charge in [0.2, 0.25) is 0 Å². The average molecular weight is 568 g/mol. The van der Waals surface area contributed by atoms with E-state index in [9.17, 15) is 9.59 Å². The van der Waals surface area contributed by atoms with Gasteiger partial charge in [0.1, 0.15) is 11.3 Å². The van der Waals surface area contributed by atoms with Crippen molar-refractivity contribution in [3.63, 3.8) is 0 Å². The van der Waals surface area contributed by atoms with Gasteiger partial charge in [-0.2, -0.15) is 5.10 Å². The molecule has 3 aromatic rings. The molecule has 8 nitrogen and oxygen atoms in total. The van der Waals surface area contributed by atoms with Crippen molar-refractivity contribution in [2.45, 2.75) is 6.92 Å². The first kappa shape index (κ1) is 23.8. The summed E-state index contributed by atoms with van der Waals surface area (Å²) in [6.45, 7) is 2.27. The fraction of sp³-hybridized carbons (Fsp3) is 0.227. The van der Waals surface area contributed by atoms with Gasteiger partial charge in [0.15, 0.2) is 17.2 Å². The Hall–Kier alpha value is -2.85. The van der Waals surface area contributed by atoms with Crippen LogP contribution in [-0.2, 0) is 9.47 Å². The largest absolute Gasteiger partial charge is 0.493 e. The third-order valence-electron chi connectivity index (χ3n) is 4.55. The SMILES string of the molecule is CCOc1c(OC)cc(-c2nn(-c3ccccc3)c(C(=O)OC)c2C(=O)OC)c(Br)c1Br. The maximum Gasteiger partial charge on any atom is 0.357 e. The first-order valence-electron chi connectivity index (χ1n) is 9.43. The molecule has 0 unspecified atom stereocenters. The van der Waals surface area contributed by atoms with E-state index in [1.54, 1.807) is 30.3 Å². The molecule has 0 bridgehead atoms. The number of hydrogen-bond acceptors (Lipinski definition) is 7. The first-order chi connectivity index (χ1) is 15.4. The Morgan fingerprint density at radius 2 is 1.66 bits per heavy atom. The molecule has 0 fully saturated rings. The van der Waals surface area contributed by atoms with Crippen LogP contribution in [0.4, 0.5) is 0 Å². The third kappa shape index (κ3) is 4.24. The number of carbonyl (C=O) groups is 2. The van der Waals surface area contributed by atoms with E-state index < -0.39 is 11.9 Å². The van der Waals surface area contributed by atoms with Gasteiger partial charge in [-0.3, -0.25) is 0 Å². The monoisotopic (exact) mass is 566 g/mol. The minimum absolute atomic E-state index is 0.0398. The van der Waals surface area contributed by atoms with Crippen LogP contribution in [0.1, 0.15) is 27.8 Å². The van der Waals surface area contributed by atoms with E-state index in [1.807, 2.05) is 13.0 Å². The molecule has 2 aromatic carbocycles. The van der Waals surface area contributed by atoms with E-state index >= 15 is 0 Å². The van der Waals surface area contributed by atoms with Crippen molar-refractivity contribution in [3.05, 3.63) is 56.6 Å². The fourth-order valence-electron chi connectivity index (χ4n) is 3.13. The second-order valence-corrected chi connectivity index (χ2v) is 7.91. The number of rotatable bonds is 7. The highest BCUT2D eigenvalue weighted by atomic mass is 79.9. The maximum atomic E-state index is 12.8. The zero-order chi connectivity index (χ0) is 23.4. The van der Waals surface area contributed by atoms with E-state index in [0.717, 1.165) is 0 Å². The molecule has 0 saturated carbocycles. The van der Waals surface area contributed by atoms with Gasteiger partial charge < -0.3 is 18.9 Å². The first-order valence-corrected chi connectivity index (χ1v) is 11.0. The zero-order valence-electron chi connectivity index (χ0n) is 17.8. The summed E-state index contributed by atoms with van der Waals surface area (Å²) in [7, 11) is 3.97. The van der Waals surface area contributed by atoms with Crippen molar-refractivity contribution in [1.82, 2.24) is 9.78 Å². The average Bonchev–Trinajstić information content (AvgIpc) is 3.22. The van der Waals surface area contributed by atoms with Crippen LogP contribution < -0.4 is 9.47 Å². The summed E-state index contributed by atoms with van der Waals surface area (Å²) >= 11 is 7.07. The molecule has 168 valence electrons. The van der Waals surface area contributed by atoms with Crippen LogP contribution in [0.3, 0.4) is 0 Å². The molecule has 0 saturated heterocycles. The zero-order valence-corrected chi connectivity index (χ0v) is 20.9. The van der Waals surface area contributed by atoms with E-state index in [2.05, 4.69) is 37.0 Å². The normalized spacial score (nSPS) is 10.6. The molecule has 0 amide bonds. The Labute approximate surface area is 201 Å². The lowest BCUT2D eigenvalue weighted by atomic mass is 10.0. The molecule has 10 heteroatoms. The molecule has 0 aliphatic heterocycles. The van der Waals surface area contributed by atoms with Crippen LogP contribution in [0.15, 0.2) is 45.3 Å². The highest BCUT2D eigenvalue weighted by Gasteiger charge is 2.33. The summed E-state index contributed by atoms with van der Waals surface area (Å²) in [6.07, 6.45) is 0. The number of hydrogen-bond donors (Lipinski definition) is 0. The Morgan fingerprint density at radius 3 is 2.22 bits per heavy atom. The van der Waals surface area contributed by atoms with Gasteiger partial charge >= 0.3 is 11.9 Å². The number of carbonyl (C=O) groups excluding carboxylic acids is 2. The summed E-state index contributed by atoms with van der Waals surface area (Å²) in [5, 5.41) is 4.61. The quantitative estimate of drug-likeness (QED) is 0.369. The van der Waals surface area contributed by atoms with E-state index in [1.165, 1.54) is 26.0 Å². The minimum atomic E-state index is -0.738. The van der Waals surface area contributed by atoms with Crippen LogP contribution in [0.25, 0.3) is 16.9 Å². The van der Waals surface area contributed by atoms with Gasteiger partial charge in [0.05, 0.1) is 38.1 Å². The molecule has 3 rings (SSSR count). The van der Waals surface area contributed by atoms with Crippen molar-refractivity contribution in [2.75, 3.05) is 27.9 Å². The Kier molecular flexibility index (Phi) is 7.57. The predicted molar refractivity (Wildman–Crippen MR) is 125 cm³/mol. The topological polar surface area (TPSA) is 88.9 Å². The number of esters is 2. The molecular formula is C22H20Br2N2O6. The van der Waals surface area contributed by atoms with Gasteiger partial charge in [-0.15, -0.1) is 0 Å². The summed E-state index contributed by atoms with van der Waals surface area (Å²) in [6, 6.07) is 10.6. The second-order valence-electron chi connectivity index (χ2n) is 6.32. The van der Waals surface area contributed by atoms with Gasteiger partial charge in [0, 0.05) is 10.0 Å². The van der Waals surface area contributed by atoms with Crippen LogP contribution >= 0.6 is 31.9 Å². The maximum absolute atomic E-state index is 12.8. The lowest BCUT2D eigenvalue weighted by molar-refractivity contribution is 0.0549. The van der Waals surface area contributed by atoms with Crippen molar-refractivity contribution >= 4 is 43.8 Å². The van der Waals surface area contributed by atoms with Crippen LogP contribution in [-0.4, -0.2) is 49.7 Å². The van der Waals surface area contributed by atoms with Gasteiger partial charge in [-0.05, 0) is 57.0 Å². The lowest BCUT2D eigenvalue weighted by Gasteiger charge is -2.15.